The van der Waals surface area contributed by atoms with E-state index in [1.165, 1.54) is 10.9 Å². The van der Waals surface area contributed by atoms with Crippen molar-refractivity contribution in [1.29, 1.82) is 0 Å². The van der Waals surface area contributed by atoms with Crippen molar-refractivity contribution in [2.24, 2.45) is 5.10 Å². The van der Waals surface area contributed by atoms with Gasteiger partial charge in [-0.2, -0.15) is 9.78 Å². The molecule has 3 N–H and O–H groups in total. The number of rotatable bonds is 6. The molecule has 13 nitrogen and oxygen atoms in total. The Kier molecular flexibility index (Phi) is 5.72. The molecule has 0 saturated carbocycles. The second kappa shape index (κ2) is 8.75. The van der Waals surface area contributed by atoms with Gasteiger partial charge in [0.05, 0.1) is 17.6 Å². The lowest BCUT2D eigenvalue weighted by atomic mass is 10.2. The number of hydrogen-bond donors (Lipinski definition) is 2. The number of nitrogens with one attached hydrogen (secondary N) is 1. The molecule has 1 amide bonds. The minimum Gasteiger partial charge on any atom is -0.378 e. The van der Waals surface area contributed by atoms with Gasteiger partial charge in [-0.15, -0.1) is 5.10 Å². The van der Waals surface area contributed by atoms with Crippen LogP contribution in [0.4, 0.5) is 5.82 Å². The number of hydrogen-bond acceptors (Lipinski definition) is 11. The van der Waals surface area contributed by atoms with Gasteiger partial charge in [-0.05, 0) is 29.5 Å². The van der Waals surface area contributed by atoms with Crippen LogP contribution in [0.3, 0.4) is 0 Å². The molecule has 1 saturated heterocycles. The molecule has 1 fully saturated rings. The lowest BCUT2D eigenvalue weighted by Gasteiger charge is -2.32. The van der Waals surface area contributed by atoms with Crippen LogP contribution < -0.4 is 11.2 Å². The standard InChI is InChI=1S/C17H21N11O2/c1-26-6-8-27(9-7-26)11-13-14(21-25-28(13)16-15(18)23-30-24-16)17(29)22-20-10-12-4-2-3-5-19-12/h2-5,10H,6-9,11H2,1H3,(H2,18,23)(H,22,29)/b20-10+. The van der Waals surface area contributed by atoms with Crippen molar-refractivity contribution in [1.82, 2.24) is 45.5 Å². The van der Waals surface area contributed by atoms with Gasteiger partial charge < -0.3 is 10.6 Å². The first kappa shape index (κ1) is 19.6. The minimum absolute atomic E-state index is 0.0552. The molecule has 4 heterocycles. The molecule has 0 spiro atoms. The fraction of sp³-hybridized carbons (Fsp3) is 0.353. The maximum Gasteiger partial charge on any atom is 0.293 e. The Bertz CT molecular complexity index is 1020. The van der Waals surface area contributed by atoms with Gasteiger partial charge in [-0.3, -0.25) is 14.7 Å². The summed E-state index contributed by atoms with van der Waals surface area (Å²) in [5.41, 5.74) is 9.53. The van der Waals surface area contributed by atoms with E-state index in [0.29, 0.717) is 17.9 Å². The maximum atomic E-state index is 12.7. The molecule has 156 valence electrons. The van der Waals surface area contributed by atoms with Crippen LogP contribution >= 0.6 is 0 Å². The molecule has 0 aromatic carbocycles. The molecule has 4 rings (SSSR count). The van der Waals surface area contributed by atoms with Gasteiger partial charge >= 0.3 is 0 Å². The summed E-state index contributed by atoms with van der Waals surface area (Å²) in [5, 5.41) is 19.4. The number of hydrazone groups is 1. The van der Waals surface area contributed by atoms with E-state index in [1.807, 2.05) is 6.07 Å². The Morgan fingerprint density at radius 3 is 2.83 bits per heavy atom. The van der Waals surface area contributed by atoms with Crippen molar-refractivity contribution < 1.29 is 9.42 Å². The molecule has 0 radical (unpaired) electrons. The Balaban J connectivity index is 1.57. The SMILES string of the molecule is CN1CCN(Cc2c(C(=O)N/N=C/c3ccccn3)nnn2-c2nonc2N)CC1. The number of amides is 1. The molecule has 1 aliphatic heterocycles. The first-order chi connectivity index (χ1) is 14.6. The van der Waals surface area contributed by atoms with Gasteiger partial charge in [-0.25, -0.2) is 10.1 Å². The number of anilines is 1. The van der Waals surface area contributed by atoms with Gasteiger partial charge in [0, 0.05) is 38.9 Å². The van der Waals surface area contributed by atoms with Crippen LogP contribution in [0, 0.1) is 0 Å². The van der Waals surface area contributed by atoms with Gasteiger partial charge in [0.15, 0.2) is 5.69 Å². The zero-order valence-electron chi connectivity index (χ0n) is 16.3. The highest BCUT2D eigenvalue weighted by Gasteiger charge is 2.26. The molecular formula is C17H21N11O2. The van der Waals surface area contributed by atoms with Crippen LogP contribution in [0.15, 0.2) is 34.1 Å². The van der Waals surface area contributed by atoms with Crippen molar-refractivity contribution in [3.05, 3.63) is 41.5 Å². The smallest absolute Gasteiger partial charge is 0.293 e. The van der Waals surface area contributed by atoms with E-state index in [9.17, 15) is 4.79 Å². The molecule has 0 bridgehead atoms. The molecule has 30 heavy (non-hydrogen) atoms. The second-order valence-electron chi connectivity index (χ2n) is 6.80. The van der Waals surface area contributed by atoms with Crippen LogP contribution in [0.25, 0.3) is 5.82 Å². The largest absolute Gasteiger partial charge is 0.378 e. The summed E-state index contributed by atoms with van der Waals surface area (Å²) < 4.78 is 6.05. The number of nitrogens with zero attached hydrogens (tertiary/aromatic N) is 9. The van der Waals surface area contributed by atoms with E-state index >= 15 is 0 Å². The average Bonchev–Trinajstić information content (AvgIpc) is 3.36. The predicted octanol–water partition coefficient (Wildman–Crippen LogP) is -0.861. The van der Waals surface area contributed by atoms with E-state index < -0.39 is 5.91 Å². The fourth-order valence-corrected chi connectivity index (χ4v) is 3.01. The number of likely N-dealkylation sites (N-methyl/N-ethyl adjacent to an activating group) is 1. The number of pyridine rings is 1. The van der Waals surface area contributed by atoms with Gasteiger partial charge in [0.25, 0.3) is 5.91 Å². The topological polar surface area (TPSA) is 156 Å². The van der Waals surface area contributed by atoms with Crippen molar-refractivity contribution in [3.63, 3.8) is 0 Å². The normalized spacial score (nSPS) is 15.6. The lowest BCUT2D eigenvalue weighted by Crippen LogP contribution is -2.44. The van der Waals surface area contributed by atoms with E-state index in [1.54, 1.807) is 18.3 Å². The summed E-state index contributed by atoms with van der Waals surface area (Å²) in [6.45, 7) is 3.95. The van der Waals surface area contributed by atoms with Crippen LogP contribution in [0.1, 0.15) is 21.9 Å². The third-order valence-electron chi connectivity index (χ3n) is 4.69. The van der Waals surface area contributed by atoms with Crippen molar-refractivity contribution >= 4 is 17.9 Å². The third-order valence-corrected chi connectivity index (χ3v) is 4.69. The monoisotopic (exact) mass is 411 g/mol. The fourth-order valence-electron chi connectivity index (χ4n) is 3.01. The van der Waals surface area contributed by atoms with Crippen molar-refractivity contribution in [2.75, 3.05) is 39.0 Å². The molecule has 0 aliphatic carbocycles. The zero-order chi connectivity index (χ0) is 20.9. The molecular weight excluding hydrogens is 390 g/mol. The highest BCUT2D eigenvalue weighted by Crippen LogP contribution is 2.18. The second-order valence-corrected chi connectivity index (χ2v) is 6.80. The maximum absolute atomic E-state index is 12.7. The van der Waals surface area contributed by atoms with Crippen LogP contribution in [0.5, 0.6) is 0 Å². The minimum atomic E-state index is -0.507. The van der Waals surface area contributed by atoms with Crippen LogP contribution in [0.2, 0.25) is 0 Å². The average molecular weight is 411 g/mol. The summed E-state index contributed by atoms with van der Waals surface area (Å²) in [6, 6.07) is 5.39. The Hall–Kier alpha value is -3.71. The lowest BCUT2D eigenvalue weighted by molar-refractivity contribution is 0.0946. The summed E-state index contributed by atoms with van der Waals surface area (Å²) in [4.78, 5) is 21.3. The third kappa shape index (κ3) is 4.31. The first-order valence-corrected chi connectivity index (χ1v) is 9.30. The first-order valence-electron chi connectivity index (χ1n) is 9.30. The van der Waals surface area contributed by atoms with Gasteiger partial charge in [-0.1, -0.05) is 11.3 Å². The number of aromatic nitrogens is 6. The number of carbonyl (C=O) groups is 1. The van der Waals surface area contributed by atoms with Crippen molar-refractivity contribution in [2.45, 2.75) is 6.54 Å². The van der Waals surface area contributed by atoms with Crippen molar-refractivity contribution in [3.8, 4) is 5.82 Å². The summed E-state index contributed by atoms with van der Waals surface area (Å²) >= 11 is 0. The Labute approximate surface area is 171 Å². The molecule has 0 unspecified atom stereocenters. The predicted molar refractivity (Wildman–Crippen MR) is 106 cm³/mol. The van der Waals surface area contributed by atoms with E-state index in [4.69, 9.17) is 5.73 Å². The van der Waals surface area contributed by atoms with Crippen LogP contribution in [-0.4, -0.2) is 85.4 Å². The number of nitrogens with two attached hydrogens (primary N) is 1. The quantitative estimate of drug-likeness (QED) is 0.386. The Morgan fingerprint density at radius 2 is 2.13 bits per heavy atom. The van der Waals surface area contributed by atoms with E-state index in [0.717, 1.165) is 26.2 Å². The van der Waals surface area contributed by atoms with Gasteiger partial charge in [0.2, 0.25) is 11.6 Å². The van der Waals surface area contributed by atoms with Crippen LogP contribution in [-0.2, 0) is 6.54 Å². The molecule has 0 atom stereocenters. The van der Waals surface area contributed by atoms with E-state index in [-0.39, 0.29) is 17.3 Å². The van der Waals surface area contributed by atoms with Gasteiger partial charge in [0.1, 0.15) is 0 Å². The number of piperazine rings is 1. The number of carbonyl (C=O) groups excluding carboxylic acids is 1. The highest BCUT2D eigenvalue weighted by atomic mass is 16.6. The molecule has 13 heteroatoms. The molecule has 1 aliphatic rings. The number of nitrogen functional groups attached to an aromatic ring is 1. The summed E-state index contributed by atoms with van der Waals surface area (Å²) in [5.74, 6) is -0.269. The molecule has 3 aromatic rings. The highest BCUT2D eigenvalue weighted by molar-refractivity contribution is 5.94. The zero-order valence-corrected chi connectivity index (χ0v) is 16.3. The Morgan fingerprint density at radius 1 is 1.30 bits per heavy atom. The molecule has 3 aromatic heterocycles. The summed E-state index contributed by atoms with van der Waals surface area (Å²) in [6.07, 6.45) is 3.08. The summed E-state index contributed by atoms with van der Waals surface area (Å²) in [7, 11) is 2.07. The van der Waals surface area contributed by atoms with E-state index in [2.05, 4.69) is 57.6 Å².